The Morgan fingerprint density at radius 1 is 1.28 bits per heavy atom. The van der Waals surface area contributed by atoms with Crippen LogP contribution in [0.25, 0.3) is 16.6 Å². The molecule has 4 rings (SSSR count). The molecule has 0 saturated carbocycles. The number of thiazole rings is 1. The highest BCUT2D eigenvalue weighted by Gasteiger charge is 2.17. The van der Waals surface area contributed by atoms with Gasteiger partial charge in [-0.1, -0.05) is 0 Å². The molecule has 25 heavy (non-hydrogen) atoms. The van der Waals surface area contributed by atoms with Crippen LogP contribution in [0.3, 0.4) is 0 Å². The number of nitrogens with zero attached hydrogens (tertiary/aromatic N) is 1. The third-order valence-electron chi connectivity index (χ3n) is 3.59. The minimum absolute atomic E-state index is 0.00349. The summed E-state index contributed by atoms with van der Waals surface area (Å²) < 4.78 is 5.29. The molecular weight excluding hydrogens is 356 g/mol. The van der Waals surface area contributed by atoms with Crippen molar-refractivity contribution in [2.75, 3.05) is 11.9 Å². The van der Waals surface area contributed by atoms with Gasteiger partial charge in [-0.15, -0.1) is 11.3 Å². The predicted molar refractivity (Wildman–Crippen MR) is 99.4 cm³/mol. The van der Waals surface area contributed by atoms with Crippen molar-refractivity contribution in [3.05, 3.63) is 57.7 Å². The third kappa shape index (κ3) is 3.38. The number of ketones is 1. The molecule has 0 bridgehead atoms. The van der Waals surface area contributed by atoms with Crippen LogP contribution in [0, 0.1) is 0 Å². The molecule has 0 saturated heterocycles. The number of nitrogens with one attached hydrogen (secondary N) is 1. The molecule has 1 N–H and O–H groups in total. The van der Waals surface area contributed by atoms with Gasteiger partial charge < -0.3 is 10.1 Å². The monoisotopic (exact) mass is 368 g/mol. The van der Waals surface area contributed by atoms with E-state index in [2.05, 4.69) is 10.3 Å². The summed E-state index contributed by atoms with van der Waals surface area (Å²) in [6.45, 7) is -0.00349. The van der Waals surface area contributed by atoms with Crippen molar-refractivity contribution >= 4 is 46.1 Å². The number of carbonyl (C=O) groups excluding carboxylic acids is 2. The molecular formula is C18H12N2O3S2. The third-order valence-corrected chi connectivity index (χ3v) is 5.19. The van der Waals surface area contributed by atoms with Crippen LogP contribution in [0.5, 0.6) is 5.75 Å². The van der Waals surface area contributed by atoms with Gasteiger partial charge in [-0.05, 0) is 41.8 Å². The molecule has 7 heteroatoms. The lowest BCUT2D eigenvalue weighted by Crippen LogP contribution is -2.25. The second-order valence-corrected chi connectivity index (χ2v) is 6.97. The van der Waals surface area contributed by atoms with Gasteiger partial charge in [0.05, 0.1) is 11.4 Å². The number of allylic oxidation sites excluding steroid dienone is 1. The molecule has 0 radical (unpaired) electrons. The second-order valence-electron chi connectivity index (χ2n) is 5.33. The first-order valence-corrected chi connectivity index (χ1v) is 9.28. The Morgan fingerprint density at radius 2 is 2.20 bits per heavy atom. The molecule has 0 aliphatic carbocycles. The van der Waals surface area contributed by atoms with Gasteiger partial charge >= 0.3 is 0 Å². The SMILES string of the molecule is O=C1COc2ccc(C(=O)/C=C\c3csc(-c4ccsc4)n3)cc2N1. The Balaban J connectivity index is 1.51. The number of benzene rings is 1. The highest BCUT2D eigenvalue weighted by atomic mass is 32.1. The minimum Gasteiger partial charge on any atom is -0.482 e. The lowest BCUT2D eigenvalue weighted by molar-refractivity contribution is -0.118. The van der Waals surface area contributed by atoms with E-state index in [1.54, 1.807) is 46.9 Å². The van der Waals surface area contributed by atoms with E-state index >= 15 is 0 Å². The van der Waals surface area contributed by atoms with Crippen LogP contribution in [-0.4, -0.2) is 23.3 Å². The van der Waals surface area contributed by atoms with Crippen LogP contribution >= 0.6 is 22.7 Å². The van der Waals surface area contributed by atoms with Gasteiger partial charge in [0.1, 0.15) is 10.8 Å². The fourth-order valence-electron chi connectivity index (χ4n) is 2.38. The predicted octanol–water partition coefficient (Wildman–Crippen LogP) is 4.10. The van der Waals surface area contributed by atoms with E-state index in [1.165, 1.54) is 6.08 Å². The molecule has 0 fully saturated rings. The molecule has 1 amide bonds. The summed E-state index contributed by atoms with van der Waals surface area (Å²) in [6.07, 6.45) is 3.18. The summed E-state index contributed by atoms with van der Waals surface area (Å²) in [5.41, 5.74) is 2.83. The Hall–Kier alpha value is -2.77. The van der Waals surface area contributed by atoms with Crippen molar-refractivity contribution in [2.45, 2.75) is 0 Å². The molecule has 5 nitrogen and oxygen atoms in total. The number of aromatic nitrogens is 1. The largest absolute Gasteiger partial charge is 0.482 e. The van der Waals surface area contributed by atoms with Crippen LogP contribution in [0.4, 0.5) is 5.69 Å². The normalized spacial score (nSPS) is 13.4. The van der Waals surface area contributed by atoms with E-state index < -0.39 is 0 Å². The number of ether oxygens (including phenoxy) is 1. The summed E-state index contributed by atoms with van der Waals surface area (Å²) in [5.74, 6) is 0.184. The van der Waals surface area contributed by atoms with Crippen molar-refractivity contribution in [3.8, 4) is 16.3 Å². The van der Waals surface area contributed by atoms with Crippen molar-refractivity contribution in [3.63, 3.8) is 0 Å². The van der Waals surface area contributed by atoms with Gasteiger partial charge in [0.2, 0.25) is 0 Å². The Bertz CT molecular complexity index is 974. The number of rotatable bonds is 4. The molecule has 1 aliphatic rings. The van der Waals surface area contributed by atoms with E-state index in [-0.39, 0.29) is 18.3 Å². The van der Waals surface area contributed by atoms with E-state index in [1.807, 2.05) is 22.2 Å². The lowest BCUT2D eigenvalue weighted by atomic mass is 10.1. The molecule has 0 atom stereocenters. The zero-order valence-corrected chi connectivity index (χ0v) is 14.5. The maximum Gasteiger partial charge on any atom is 0.262 e. The van der Waals surface area contributed by atoms with Gasteiger partial charge in [-0.3, -0.25) is 9.59 Å². The van der Waals surface area contributed by atoms with Gasteiger partial charge in [-0.2, -0.15) is 11.3 Å². The maximum atomic E-state index is 12.4. The summed E-state index contributed by atoms with van der Waals surface area (Å²) in [4.78, 5) is 28.2. The molecule has 2 aromatic heterocycles. The number of amides is 1. The molecule has 124 valence electrons. The average Bonchev–Trinajstić information content (AvgIpc) is 3.30. The van der Waals surface area contributed by atoms with Crippen molar-refractivity contribution in [1.82, 2.24) is 4.98 Å². The fraction of sp³-hybridized carbons (Fsp3) is 0.0556. The number of carbonyl (C=O) groups is 2. The van der Waals surface area contributed by atoms with E-state index in [0.29, 0.717) is 17.0 Å². The summed E-state index contributed by atoms with van der Waals surface area (Å²) >= 11 is 3.17. The summed E-state index contributed by atoms with van der Waals surface area (Å²) in [5, 5.41) is 9.60. The van der Waals surface area contributed by atoms with Gasteiger partial charge in [0.15, 0.2) is 12.4 Å². The first-order valence-electron chi connectivity index (χ1n) is 7.46. The molecule has 3 heterocycles. The number of thiophene rings is 1. The molecule has 1 aliphatic heterocycles. The summed E-state index contributed by atoms with van der Waals surface area (Å²) in [6, 6.07) is 7.01. The Labute approximate surface area is 151 Å². The van der Waals surface area contributed by atoms with Crippen molar-refractivity contribution < 1.29 is 14.3 Å². The highest BCUT2D eigenvalue weighted by molar-refractivity contribution is 7.14. The number of anilines is 1. The number of hydrogen-bond donors (Lipinski definition) is 1. The Kier molecular flexibility index (Phi) is 4.17. The minimum atomic E-state index is -0.226. The van der Waals surface area contributed by atoms with Gasteiger partial charge in [0, 0.05) is 21.9 Å². The summed E-state index contributed by atoms with van der Waals surface area (Å²) in [7, 11) is 0. The zero-order chi connectivity index (χ0) is 17.2. The van der Waals surface area contributed by atoms with Crippen LogP contribution in [0.2, 0.25) is 0 Å². The molecule has 0 spiro atoms. The highest BCUT2D eigenvalue weighted by Crippen LogP contribution is 2.29. The van der Waals surface area contributed by atoms with Crippen LogP contribution in [0.15, 0.2) is 46.5 Å². The zero-order valence-electron chi connectivity index (χ0n) is 12.9. The average molecular weight is 368 g/mol. The topological polar surface area (TPSA) is 68.3 Å². The standard InChI is InChI=1S/C18H12N2O3S2/c21-15(11-1-4-16-14(7-11)20-17(22)8-23-16)3-2-13-10-25-18(19-13)12-5-6-24-9-12/h1-7,9-10H,8H2,(H,20,22)/b3-2-. The number of hydrogen-bond acceptors (Lipinski definition) is 6. The van der Waals surface area contributed by atoms with Gasteiger partial charge in [0.25, 0.3) is 5.91 Å². The van der Waals surface area contributed by atoms with E-state index in [0.717, 1.165) is 16.3 Å². The second kappa shape index (κ2) is 6.62. The molecule has 3 aromatic rings. The lowest BCUT2D eigenvalue weighted by Gasteiger charge is -2.17. The fourth-order valence-corrected chi connectivity index (χ4v) is 3.88. The van der Waals surface area contributed by atoms with Gasteiger partial charge in [-0.25, -0.2) is 4.98 Å². The first-order chi connectivity index (χ1) is 12.2. The van der Waals surface area contributed by atoms with Crippen LogP contribution in [0.1, 0.15) is 16.1 Å². The first kappa shape index (κ1) is 15.7. The smallest absolute Gasteiger partial charge is 0.262 e. The number of fused-ring (bicyclic) bond motifs is 1. The molecule has 1 aromatic carbocycles. The van der Waals surface area contributed by atoms with Crippen molar-refractivity contribution in [2.24, 2.45) is 0 Å². The van der Waals surface area contributed by atoms with Crippen molar-refractivity contribution in [1.29, 1.82) is 0 Å². The van der Waals surface area contributed by atoms with Crippen LogP contribution in [-0.2, 0) is 4.79 Å². The quantitative estimate of drug-likeness (QED) is 0.556. The van der Waals surface area contributed by atoms with E-state index in [9.17, 15) is 9.59 Å². The Morgan fingerprint density at radius 3 is 3.04 bits per heavy atom. The van der Waals surface area contributed by atoms with Crippen LogP contribution < -0.4 is 10.1 Å². The maximum absolute atomic E-state index is 12.4. The van der Waals surface area contributed by atoms with E-state index in [4.69, 9.17) is 4.74 Å². The molecule has 0 unspecified atom stereocenters.